The molecule has 0 amide bonds. The number of benzene rings is 1. The highest BCUT2D eigenvalue weighted by Gasteiger charge is 2.07. The lowest BCUT2D eigenvalue weighted by Crippen LogP contribution is -1.94. The Morgan fingerprint density at radius 3 is 2.93 bits per heavy atom. The molecular weight excluding hydrogens is 192 g/mol. The zero-order valence-electron chi connectivity index (χ0n) is 7.82. The number of aromatic amines is 1. The highest BCUT2D eigenvalue weighted by Crippen LogP contribution is 2.17. The quantitative estimate of drug-likeness (QED) is 0.777. The molecule has 0 unspecified atom stereocenters. The summed E-state index contributed by atoms with van der Waals surface area (Å²) >= 11 is 0. The predicted molar refractivity (Wildman–Crippen MR) is 54.6 cm³/mol. The lowest BCUT2D eigenvalue weighted by atomic mass is 10.1. The number of fused-ring (bicyclic) bond motifs is 1. The Balaban J connectivity index is 2.53. The smallest absolute Gasteiger partial charge is 0.352 e. The molecule has 0 aliphatic carbocycles. The van der Waals surface area contributed by atoms with E-state index < -0.39 is 5.97 Å². The van der Waals surface area contributed by atoms with Gasteiger partial charge in [-0.1, -0.05) is 6.07 Å². The van der Waals surface area contributed by atoms with Crippen molar-refractivity contribution in [1.29, 1.82) is 5.26 Å². The van der Waals surface area contributed by atoms with Crippen molar-refractivity contribution in [3.8, 4) is 6.07 Å². The fourth-order valence-electron chi connectivity index (χ4n) is 1.50. The van der Waals surface area contributed by atoms with Crippen molar-refractivity contribution < 1.29 is 9.90 Å². The van der Waals surface area contributed by atoms with Crippen molar-refractivity contribution in [2.45, 2.75) is 6.42 Å². The monoisotopic (exact) mass is 200 g/mol. The van der Waals surface area contributed by atoms with Crippen molar-refractivity contribution in [2.75, 3.05) is 0 Å². The summed E-state index contributed by atoms with van der Waals surface area (Å²) in [5, 5.41) is 18.1. The third-order valence-corrected chi connectivity index (χ3v) is 2.20. The summed E-state index contributed by atoms with van der Waals surface area (Å²) in [5.74, 6) is -0.979. The Kier molecular flexibility index (Phi) is 2.14. The number of carboxylic acid groups (broad SMARTS) is 1. The van der Waals surface area contributed by atoms with Gasteiger partial charge in [0.05, 0.1) is 12.5 Å². The number of H-pyrrole nitrogens is 1. The Bertz CT molecular complexity index is 563. The first-order chi connectivity index (χ1) is 7.20. The van der Waals surface area contributed by atoms with Crippen LogP contribution in [0.25, 0.3) is 10.9 Å². The standard InChI is InChI=1S/C11H8N2O2/c12-4-3-7-1-2-9-8(5-7)6-10(13-9)11(14)15/h1-2,5-6,13H,3H2,(H,14,15). The van der Waals surface area contributed by atoms with Gasteiger partial charge in [-0.2, -0.15) is 5.26 Å². The lowest BCUT2D eigenvalue weighted by Gasteiger charge is -1.93. The maximum atomic E-state index is 10.7. The van der Waals surface area contributed by atoms with Crippen molar-refractivity contribution in [1.82, 2.24) is 4.98 Å². The number of rotatable bonds is 2. The highest BCUT2D eigenvalue weighted by atomic mass is 16.4. The van der Waals surface area contributed by atoms with Gasteiger partial charge in [0.1, 0.15) is 5.69 Å². The van der Waals surface area contributed by atoms with E-state index in [4.69, 9.17) is 10.4 Å². The summed E-state index contributed by atoms with van der Waals surface area (Å²) in [6.07, 6.45) is 0.337. The molecule has 0 atom stereocenters. The van der Waals surface area contributed by atoms with Gasteiger partial charge in [0.25, 0.3) is 0 Å². The van der Waals surface area contributed by atoms with Crippen LogP contribution in [0.4, 0.5) is 0 Å². The van der Waals surface area contributed by atoms with E-state index in [1.807, 2.05) is 12.1 Å². The number of nitriles is 1. The van der Waals surface area contributed by atoms with Crippen LogP contribution < -0.4 is 0 Å². The maximum absolute atomic E-state index is 10.7. The normalized spacial score (nSPS) is 10.1. The van der Waals surface area contributed by atoms with Gasteiger partial charge in [0, 0.05) is 10.9 Å². The van der Waals surface area contributed by atoms with Crippen LogP contribution in [0, 0.1) is 11.3 Å². The summed E-state index contributed by atoms with van der Waals surface area (Å²) in [7, 11) is 0. The van der Waals surface area contributed by atoms with Crippen LogP contribution in [0.1, 0.15) is 16.1 Å². The van der Waals surface area contributed by atoms with Crippen LogP contribution in [0.15, 0.2) is 24.3 Å². The van der Waals surface area contributed by atoms with E-state index in [-0.39, 0.29) is 5.69 Å². The SMILES string of the molecule is N#CCc1ccc2[nH]c(C(=O)O)cc2c1. The van der Waals surface area contributed by atoms with E-state index in [9.17, 15) is 4.79 Å². The molecule has 1 heterocycles. The molecular formula is C11H8N2O2. The van der Waals surface area contributed by atoms with Crippen LogP contribution >= 0.6 is 0 Å². The second-order valence-electron chi connectivity index (χ2n) is 3.24. The van der Waals surface area contributed by atoms with E-state index in [1.54, 1.807) is 12.1 Å². The zero-order valence-corrected chi connectivity index (χ0v) is 7.82. The summed E-state index contributed by atoms with van der Waals surface area (Å²) in [6, 6.07) is 9.04. The van der Waals surface area contributed by atoms with Gasteiger partial charge < -0.3 is 10.1 Å². The number of carbonyl (C=O) groups is 1. The second kappa shape index (κ2) is 3.46. The molecule has 4 nitrogen and oxygen atoms in total. The van der Waals surface area contributed by atoms with Crippen molar-refractivity contribution >= 4 is 16.9 Å². The zero-order chi connectivity index (χ0) is 10.8. The van der Waals surface area contributed by atoms with E-state index in [2.05, 4.69) is 11.1 Å². The van der Waals surface area contributed by atoms with E-state index in [0.717, 1.165) is 16.5 Å². The molecule has 0 aliphatic rings. The molecule has 74 valence electrons. The van der Waals surface area contributed by atoms with E-state index in [1.165, 1.54) is 0 Å². The molecule has 0 aliphatic heterocycles. The maximum Gasteiger partial charge on any atom is 0.352 e. The fourth-order valence-corrected chi connectivity index (χ4v) is 1.50. The van der Waals surface area contributed by atoms with Gasteiger partial charge in [-0.05, 0) is 23.8 Å². The summed E-state index contributed by atoms with van der Waals surface area (Å²) in [4.78, 5) is 13.5. The molecule has 0 radical (unpaired) electrons. The third kappa shape index (κ3) is 1.67. The van der Waals surface area contributed by atoms with Crippen LogP contribution in [-0.4, -0.2) is 16.1 Å². The molecule has 2 N–H and O–H groups in total. The van der Waals surface area contributed by atoms with Gasteiger partial charge >= 0.3 is 5.97 Å². The third-order valence-electron chi connectivity index (χ3n) is 2.20. The Hall–Kier alpha value is -2.28. The van der Waals surface area contributed by atoms with Gasteiger partial charge in [-0.3, -0.25) is 0 Å². The minimum absolute atomic E-state index is 0.166. The number of hydrogen-bond donors (Lipinski definition) is 2. The summed E-state index contributed by atoms with van der Waals surface area (Å²) in [6.45, 7) is 0. The van der Waals surface area contributed by atoms with E-state index >= 15 is 0 Å². The first kappa shape index (κ1) is 9.28. The number of carboxylic acids is 1. The number of aromatic carboxylic acids is 1. The van der Waals surface area contributed by atoms with Gasteiger partial charge in [-0.15, -0.1) is 0 Å². The Morgan fingerprint density at radius 2 is 2.27 bits per heavy atom. The van der Waals surface area contributed by atoms with Crippen LogP contribution in [0.2, 0.25) is 0 Å². The van der Waals surface area contributed by atoms with Crippen molar-refractivity contribution in [2.24, 2.45) is 0 Å². The van der Waals surface area contributed by atoms with Gasteiger partial charge in [-0.25, -0.2) is 4.79 Å². The highest BCUT2D eigenvalue weighted by molar-refractivity contribution is 5.93. The molecule has 1 aromatic heterocycles. The summed E-state index contributed by atoms with van der Waals surface area (Å²) in [5.41, 5.74) is 1.83. The van der Waals surface area contributed by atoms with Gasteiger partial charge in [0.2, 0.25) is 0 Å². The Morgan fingerprint density at radius 1 is 1.47 bits per heavy atom. The first-order valence-electron chi connectivity index (χ1n) is 4.42. The largest absolute Gasteiger partial charge is 0.477 e. The fraction of sp³-hybridized carbons (Fsp3) is 0.0909. The molecule has 0 fully saturated rings. The molecule has 0 spiro atoms. The molecule has 0 saturated heterocycles. The molecule has 2 rings (SSSR count). The minimum Gasteiger partial charge on any atom is -0.477 e. The number of hydrogen-bond acceptors (Lipinski definition) is 2. The van der Waals surface area contributed by atoms with Crippen LogP contribution in [-0.2, 0) is 6.42 Å². The average molecular weight is 200 g/mol. The number of nitrogens with zero attached hydrogens (tertiary/aromatic N) is 1. The van der Waals surface area contributed by atoms with Crippen molar-refractivity contribution in [3.63, 3.8) is 0 Å². The lowest BCUT2D eigenvalue weighted by molar-refractivity contribution is 0.0691. The van der Waals surface area contributed by atoms with Crippen molar-refractivity contribution in [3.05, 3.63) is 35.5 Å². The number of aromatic nitrogens is 1. The first-order valence-corrected chi connectivity index (χ1v) is 4.42. The van der Waals surface area contributed by atoms with Crippen LogP contribution in [0.5, 0.6) is 0 Å². The minimum atomic E-state index is -0.979. The molecule has 15 heavy (non-hydrogen) atoms. The van der Waals surface area contributed by atoms with Crippen LogP contribution in [0.3, 0.4) is 0 Å². The topological polar surface area (TPSA) is 76.9 Å². The summed E-state index contributed by atoms with van der Waals surface area (Å²) < 4.78 is 0. The molecule has 0 saturated carbocycles. The molecule has 1 aromatic carbocycles. The predicted octanol–water partition coefficient (Wildman–Crippen LogP) is 1.93. The van der Waals surface area contributed by atoms with E-state index in [0.29, 0.717) is 6.42 Å². The molecule has 2 aromatic rings. The second-order valence-corrected chi connectivity index (χ2v) is 3.24. The average Bonchev–Trinajstić information content (AvgIpc) is 2.61. The molecule has 0 bridgehead atoms. The number of nitrogens with one attached hydrogen (secondary N) is 1. The molecule has 4 heteroatoms. The van der Waals surface area contributed by atoms with Gasteiger partial charge in [0.15, 0.2) is 0 Å². The Labute approximate surface area is 85.8 Å².